The highest BCUT2D eigenvalue weighted by atomic mass is 16.6. The second-order valence-corrected chi connectivity index (χ2v) is 4.35. The molecule has 0 aliphatic rings. The van der Waals surface area contributed by atoms with E-state index in [1.165, 1.54) is 0 Å². The molecular formula is C10H23BO2. The molecule has 0 aromatic rings. The van der Waals surface area contributed by atoms with Crippen molar-refractivity contribution in [2.45, 2.75) is 47.0 Å². The Bertz CT molecular complexity index is 126. The zero-order valence-corrected chi connectivity index (χ0v) is 9.83. The van der Waals surface area contributed by atoms with E-state index >= 15 is 0 Å². The molecule has 0 saturated carbocycles. The molecule has 0 spiro atoms. The van der Waals surface area contributed by atoms with Crippen LogP contribution in [0.5, 0.6) is 0 Å². The average molecular weight is 186 g/mol. The minimum atomic E-state index is -0.0915. The van der Waals surface area contributed by atoms with Crippen LogP contribution in [0.3, 0.4) is 0 Å². The third-order valence-corrected chi connectivity index (χ3v) is 2.15. The van der Waals surface area contributed by atoms with Gasteiger partial charge in [-0.2, -0.15) is 0 Å². The fraction of sp³-hybridized carbons (Fsp3) is 1.00. The largest absolute Gasteiger partial charge is 0.453 e. The molecule has 0 N–H and O–H groups in total. The van der Waals surface area contributed by atoms with E-state index in [0.717, 1.165) is 6.42 Å². The SMILES string of the molecule is COB(C)OC(CC(C)C)C(C)C. The molecule has 2 nitrogen and oxygen atoms in total. The van der Waals surface area contributed by atoms with E-state index in [2.05, 4.69) is 27.7 Å². The summed E-state index contributed by atoms with van der Waals surface area (Å²) < 4.78 is 10.8. The van der Waals surface area contributed by atoms with Crippen LogP contribution in [0.25, 0.3) is 0 Å². The molecule has 0 radical (unpaired) electrons. The molecule has 0 saturated heterocycles. The van der Waals surface area contributed by atoms with Crippen LogP contribution in [0.4, 0.5) is 0 Å². The maximum absolute atomic E-state index is 5.75. The van der Waals surface area contributed by atoms with Crippen LogP contribution in [-0.4, -0.2) is 20.3 Å². The Morgan fingerprint density at radius 2 is 1.69 bits per heavy atom. The Labute approximate surface area is 83.1 Å². The van der Waals surface area contributed by atoms with Gasteiger partial charge in [0, 0.05) is 13.2 Å². The first-order chi connectivity index (χ1) is 5.97. The van der Waals surface area contributed by atoms with Gasteiger partial charge in [-0.3, -0.25) is 0 Å². The Balaban J connectivity index is 3.94. The Morgan fingerprint density at radius 3 is 2.00 bits per heavy atom. The van der Waals surface area contributed by atoms with Gasteiger partial charge in [-0.1, -0.05) is 27.7 Å². The smallest absolute Gasteiger partial charge is 0.414 e. The molecule has 3 heteroatoms. The lowest BCUT2D eigenvalue weighted by atomic mass is 9.90. The second kappa shape index (κ2) is 6.44. The molecule has 0 aliphatic carbocycles. The lowest BCUT2D eigenvalue weighted by molar-refractivity contribution is 0.0966. The van der Waals surface area contributed by atoms with E-state index in [1.54, 1.807) is 7.11 Å². The monoisotopic (exact) mass is 186 g/mol. The lowest BCUT2D eigenvalue weighted by Crippen LogP contribution is -2.30. The normalized spacial score (nSPS) is 13.8. The topological polar surface area (TPSA) is 18.5 Å². The van der Waals surface area contributed by atoms with Gasteiger partial charge in [-0.05, 0) is 25.1 Å². The van der Waals surface area contributed by atoms with Gasteiger partial charge in [-0.25, -0.2) is 0 Å². The average Bonchev–Trinajstić information content (AvgIpc) is 2.02. The van der Waals surface area contributed by atoms with Gasteiger partial charge < -0.3 is 9.31 Å². The predicted molar refractivity (Wildman–Crippen MR) is 57.8 cm³/mol. The van der Waals surface area contributed by atoms with E-state index < -0.39 is 0 Å². The number of hydrogen-bond donors (Lipinski definition) is 0. The maximum Gasteiger partial charge on any atom is 0.453 e. The van der Waals surface area contributed by atoms with Gasteiger partial charge >= 0.3 is 7.12 Å². The third-order valence-electron chi connectivity index (χ3n) is 2.15. The molecule has 1 unspecified atom stereocenters. The molecule has 0 rings (SSSR count). The number of rotatable bonds is 6. The summed E-state index contributed by atoms with van der Waals surface area (Å²) in [5.41, 5.74) is 0. The highest BCUT2D eigenvalue weighted by Gasteiger charge is 2.20. The van der Waals surface area contributed by atoms with Gasteiger partial charge in [-0.15, -0.1) is 0 Å². The summed E-state index contributed by atoms with van der Waals surface area (Å²) in [4.78, 5) is 0. The van der Waals surface area contributed by atoms with Gasteiger partial charge in [0.05, 0.1) is 0 Å². The van der Waals surface area contributed by atoms with E-state index in [4.69, 9.17) is 9.31 Å². The van der Waals surface area contributed by atoms with Gasteiger partial charge in [0.2, 0.25) is 0 Å². The summed E-state index contributed by atoms with van der Waals surface area (Å²) in [5.74, 6) is 1.23. The van der Waals surface area contributed by atoms with Crippen LogP contribution >= 0.6 is 0 Å². The summed E-state index contributed by atoms with van der Waals surface area (Å²) in [5, 5.41) is 0. The van der Waals surface area contributed by atoms with Crippen molar-refractivity contribution in [3.05, 3.63) is 0 Å². The summed E-state index contributed by atoms with van der Waals surface area (Å²) in [7, 11) is 1.59. The first-order valence-electron chi connectivity index (χ1n) is 5.15. The van der Waals surface area contributed by atoms with Crippen molar-refractivity contribution in [3.8, 4) is 0 Å². The Kier molecular flexibility index (Phi) is 6.43. The van der Waals surface area contributed by atoms with Crippen LogP contribution in [0.2, 0.25) is 6.82 Å². The van der Waals surface area contributed by atoms with Crippen molar-refractivity contribution in [1.82, 2.24) is 0 Å². The van der Waals surface area contributed by atoms with Gasteiger partial charge in [0.1, 0.15) is 0 Å². The molecule has 1 atom stereocenters. The zero-order valence-electron chi connectivity index (χ0n) is 9.83. The van der Waals surface area contributed by atoms with Crippen molar-refractivity contribution in [2.24, 2.45) is 11.8 Å². The summed E-state index contributed by atoms with van der Waals surface area (Å²) in [6.45, 7) is 10.8. The molecule has 0 amide bonds. The quantitative estimate of drug-likeness (QED) is 0.594. The molecule has 78 valence electrons. The van der Waals surface area contributed by atoms with Crippen LogP contribution in [0, 0.1) is 11.8 Å². The minimum Gasteiger partial charge on any atom is -0.414 e. The van der Waals surface area contributed by atoms with E-state index in [1.807, 2.05) is 6.82 Å². The van der Waals surface area contributed by atoms with Crippen LogP contribution in [-0.2, 0) is 9.31 Å². The van der Waals surface area contributed by atoms with Crippen molar-refractivity contribution in [3.63, 3.8) is 0 Å². The van der Waals surface area contributed by atoms with Crippen molar-refractivity contribution in [2.75, 3.05) is 7.11 Å². The summed E-state index contributed by atoms with van der Waals surface area (Å²) in [6, 6.07) is 0. The van der Waals surface area contributed by atoms with E-state index in [-0.39, 0.29) is 7.12 Å². The standard InChI is InChI=1S/C10H23BO2/c1-8(2)7-10(9(3)4)13-11(5)12-6/h8-10H,7H2,1-6H3. The zero-order chi connectivity index (χ0) is 10.4. The van der Waals surface area contributed by atoms with Gasteiger partial charge in [0.15, 0.2) is 0 Å². The molecule has 0 fully saturated rings. The maximum atomic E-state index is 5.75. The second-order valence-electron chi connectivity index (χ2n) is 4.35. The van der Waals surface area contributed by atoms with Crippen molar-refractivity contribution in [1.29, 1.82) is 0 Å². The summed E-state index contributed by atoms with van der Waals surface area (Å²) in [6.07, 6.45) is 1.42. The van der Waals surface area contributed by atoms with Crippen molar-refractivity contribution >= 4 is 7.12 Å². The first-order valence-corrected chi connectivity index (χ1v) is 5.15. The van der Waals surface area contributed by atoms with Crippen LogP contribution < -0.4 is 0 Å². The Morgan fingerprint density at radius 1 is 1.15 bits per heavy atom. The lowest BCUT2D eigenvalue weighted by Gasteiger charge is -2.25. The predicted octanol–water partition coefficient (Wildman–Crippen LogP) is 2.84. The molecule has 0 aromatic heterocycles. The highest BCUT2D eigenvalue weighted by Crippen LogP contribution is 2.17. The van der Waals surface area contributed by atoms with Crippen LogP contribution in [0.15, 0.2) is 0 Å². The third kappa shape index (κ3) is 6.11. The van der Waals surface area contributed by atoms with Gasteiger partial charge in [0.25, 0.3) is 0 Å². The van der Waals surface area contributed by atoms with E-state index in [0.29, 0.717) is 17.9 Å². The molecule has 0 heterocycles. The molecule has 13 heavy (non-hydrogen) atoms. The summed E-state index contributed by atoms with van der Waals surface area (Å²) >= 11 is 0. The number of hydrogen-bond acceptors (Lipinski definition) is 2. The van der Waals surface area contributed by atoms with Crippen molar-refractivity contribution < 1.29 is 9.31 Å². The fourth-order valence-corrected chi connectivity index (χ4v) is 1.25. The first kappa shape index (κ1) is 13.0. The molecule has 0 aromatic carbocycles. The molecule has 0 aliphatic heterocycles. The minimum absolute atomic E-state index is 0.0915. The fourth-order valence-electron chi connectivity index (χ4n) is 1.25. The van der Waals surface area contributed by atoms with Crippen LogP contribution in [0.1, 0.15) is 34.1 Å². The Hall–Kier alpha value is -0.0151. The molecular weight excluding hydrogens is 163 g/mol. The molecule has 0 bridgehead atoms. The highest BCUT2D eigenvalue weighted by molar-refractivity contribution is 6.42. The van der Waals surface area contributed by atoms with E-state index in [9.17, 15) is 0 Å².